The second-order valence-electron chi connectivity index (χ2n) is 7.19. The molecular formula is C20H20F4N2O4S. The lowest BCUT2D eigenvalue weighted by Gasteiger charge is -2.27. The molecule has 0 bridgehead atoms. The van der Waals surface area contributed by atoms with Crippen LogP contribution < -0.4 is 14.4 Å². The van der Waals surface area contributed by atoms with Crippen LogP contribution in [0.15, 0.2) is 42.5 Å². The molecule has 0 saturated carbocycles. The molecule has 1 amide bonds. The summed E-state index contributed by atoms with van der Waals surface area (Å²) in [7, 11) is -3.83. The van der Waals surface area contributed by atoms with Crippen LogP contribution in [0.25, 0.3) is 0 Å². The number of sulfonamides is 1. The van der Waals surface area contributed by atoms with Gasteiger partial charge in [0.1, 0.15) is 18.2 Å². The van der Waals surface area contributed by atoms with Gasteiger partial charge in [-0.25, -0.2) is 17.5 Å². The van der Waals surface area contributed by atoms with Crippen molar-refractivity contribution in [3.63, 3.8) is 0 Å². The van der Waals surface area contributed by atoms with Crippen LogP contribution in [0.2, 0.25) is 0 Å². The fourth-order valence-corrected chi connectivity index (χ4v) is 3.82. The van der Waals surface area contributed by atoms with Gasteiger partial charge in [0.2, 0.25) is 10.0 Å². The monoisotopic (exact) mass is 460 g/mol. The predicted molar refractivity (Wildman–Crippen MR) is 106 cm³/mol. The first-order valence-electron chi connectivity index (χ1n) is 9.32. The zero-order valence-electron chi connectivity index (χ0n) is 16.4. The molecule has 0 radical (unpaired) electrons. The van der Waals surface area contributed by atoms with Gasteiger partial charge in [-0.05, 0) is 49.2 Å². The molecule has 2 aromatic carbocycles. The number of alkyl halides is 3. The molecule has 2 aromatic rings. The van der Waals surface area contributed by atoms with Crippen molar-refractivity contribution in [1.82, 2.24) is 4.72 Å². The molecular weight excluding hydrogens is 440 g/mol. The summed E-state index contributed by atoms with van der Waals surface area (Å²) in [6.07, 6.45) is -2.04. The van der Waals surface area contributed by atoms with Gasteiger partial charge in [-0.2, -0.15) is 13.2 Å². The minimum atomic E-state index is -4.40. The van der Waals surface area contributed by atoms with E-state index in [9.17, 15) is 30.8 Å². The molecule has 11 heteroatoms. The first-order valence-corrected chi connectivity index (χ1v) is 11.2. The summed E-state index contributed by atoms with van der Waals surface area (Å²) in [5, 5.41) is 0. The lowest BCUT2D eigenvalue weighted by atomic mass is 10.1. The van der Waals surface area contributed by atoms with Crippen molar-refractivity contribution in [2.45, 2.75) is 25.1 Å². The van der Waals surface area contributed by atoms with Crippen molar-refractivity contribution in [2.75, 3.05) is 24.3 Å². The molecule has 3 rings (SSSR count). The number of rotatable bonds is 6. The van der Waals surface area contributed by atoms with E-state index >= 15 is 0 Å². The van der Waals surface area contributed by atoms with Crippen LogP contribution in [-0.2, 0) is 16.2 Å². The summed E-state index contributed by atoms with van der Waals surface area (Å²) >= 11 is 0. The lowest BCUT2D eigenvalue weighted by Crippen LogP contribution is -2.34. The third kappa shape index (κ3) is 5.87. The largest absolute Gasteiger partial charge is 0.491 e. The molecule has 1 aliphatic heterocycles. The maximum absolute atomic E-state index is 14.2. The maximum Gasteiger partial charge on any atom is 0.416 e. The first-order chi connectivity index (χ1) is 14.4. The Balaban J connectivity index is 1.65. The van der Waals surface area contributed by atoms with E-state index in [2.05, 4.69) is 0 Å². The van der Waals surface area contributed by atoms with Gasteiger partial charge < -0.3 is 9.64 Å². The summed E-state index contributed by atoms with van der Waals surface area (Å²) in [6, 6.07) is 8.21. The van der Waals surface area contributed by atoms with Crippen LogP contribution in [0.1, 0.15) is 28.8 Å². The van der Waals surface area contributed by atoms with Gasteiger partial charge in [0, 0.05) is 18.3 Å². The average molecular weight is 460 g/mol. The van der Waals surface area contributed by atoms with Crippen molar-refractivity contribution in [3.8, 4) is 5.75 Å². The summed E-state index contributed by atoms with van der Waals surface area (Å²) in [5.41, 5.74) is -0.526. The number of ether oxygens (including phenoxy) is 1. The fraction of sp³-hybridized carbons (Fsp3) is 0.350. The normalized spacial score (nSPS) is 16.9. The quantitative estimate of drug-likeness (QED) is 0.667. The number of nitrogens with zero attached hydrogens (tertiary/aromatic N) is 1. The molecule has 0 aromatic heterocycles. The first kappa shape index (κ1) is 22.9. The topological polar surface area (TPSA) is 75.7 Å². The Morgan fingerprint density at radius 2 is 1.87 bits per heavy atom. The summed E-state index contributed by atoms with van der Waals surface area (Å²) in [4.78, 5) is 13.7. The standard InChI is InChI=1S/C20H20F4N2O4S/c1-31(28,29)25-19(27)17-9-8-16(11-18(17)21)30-12-15-3-2-10-26(15)14-6-4-13(5-7-14)20(22,23)24/h4-9,11,15H,2-3,10,12H2,1H3,(H,25,27). The zero-order chi connectivity index (χ0) is 22.8. The van der Waals surface area contributed by atoms with Gasteiger partial charge in [-0.1, -0.05) is 0 Å². The zero-order valence-corrected chi connectivity index (χ0v) is 17.3. The highest BCUT2D eigenvalue weighted by Gasteiger charge is 2.31. The Labute approximate surface area is 176 Å². The number of carbonyl (C=O) groups is 1. The van der Waals surface area contributed by atoms with E-state index in [0.29, 0.717) is 12.2 Å². The molecule has 1 heterocycles. The number of carbonyl (C=O) groups excluding carboxylic acids is 1. The summed E-state index contributed by atoms with van der Waals surface area (Å²) in [5.74, 6) is -1.88. The Bertz CT molecular complexity index is 1060. The van der Waals surface area contributed by atoms with Crippen molar-refractivity contribution in [3.05, 3.63) is 59.4 Å². The smallest absolute Gasteiger partial charge is 0.416 e. The maximum atomic E-state index is 14.2. The molecule has 0 aliphatic carbocycles. The second-order valence-corrected chi connectivity index (χ2v) is 8.94. The Kier molecular flexibility index (Phi) is 6.44. The average Bonchev–Trinajstić information content (AvgIpc) is 3.13. The minimum absolute atomic E-state index is 0.118. The number of hydrogen-bond acceptors (Lipinski definition) is 5. The molecule has 1 N–H and O–H groups in total. The van der Waals surface area contributed by atoms with Gasteiger partial charge in [-0.3, -0.25) is 4.79 Å². The van der Waals surface area contributed by atoms with E-state index in [-0.39, 0.29) is 18.4 Å². The van der Waals surface area contributed by atoms with E-state index < -0.39 is 39.1 Å². The van der Waals surface area contributed by atoms with E-state index in [1.54, 1.807) is 4.72 Å². The molecule has 0 spiro atoms. The highest BCUT2D eigenvalue weighted by molar-refractivity contribution is 7.89. The van der Waals surface area contributed by atoms with E-state index in [1.165, 1.54) is 18.2 Å². The van der Waals surface area contributed by atoms with Gasteiger partial charge in [0.15, 0.2) is 0 Å². The van der Waals surface area contributed by atoms with E-state index in [1.807, 2.05) is 4.90 Å². The SMILES string of the molecule is CS(=O)(=O)NC(=O)c1ccc(OCC2CCCN2c2ccc(C(F)(F)F)cc2)cc1F. The van der Waals surface area contributed by atoms with E-state index in [4.69, 9.17) is 4.74 Å². The fourth-order valence-electron chi connectivity index (χ4n) is 3.38. The Morgan fingerprint density at radius 3 is 2.45 bits per heavy atom. The molecule has 1 aliphatic rings. The van der Waals surface area contributed by atoms with Crippen LogP contribution in [-0.4, -0.2) is 39.8 Å². The second kappa shape index (κ2) is 8.74. The molecule has 1 fully saturated rings. The molecule has 168 valence electrons. The van der Waals surface area contributed by atoms with Crippen LogP contribution in [0.3, 0.4) is 0 Å². The number of benzene rings is 2. The number of amides is 1. The van der Waals surface area contributed by atoms with Gasteiger partial charge in [-0.15, -0.1) is 0 Å². The number of anilines is 1. The number of nitrogens with one attached hydrogen (secondary N) is 1. The van der Waals surface area contributed by atoms with E-state index in [0.717, 1.165) is 43.4 Å². The molecule has 6 nitrogen and oxygen atoms in total. The molecule has 1 saturated heterocycles. The third-order valence-corrected chi connectivity index (χ3v) is 5.37. The van der Waals surface area contributed by atoms with Crippen molar-refractivity contribution in [1.29, 1.82) is 0 Å². The van der Waals surface area contributed by atoms with Crippen LogP contribution >= 0.6 is 0 Å². The molecule has 31 heavy (non-hydrogen) atoms. The number of hydrogen-bond donors (Lipinski definition) is 1. The van der Waals surface area contributed by atoms with Crippen molar-refractivity contribution >= 4 is 21.6 Å². The van der Waals surface area contributed by atoms with Gasteiger partial charge >= 0.3 is 6.18 Å². The highest BCUT2D eigenvalue weighted by atomic mass is 32.2. The molecule has 1 atom stereocenters. The van der Waals surface area contributed by atoms with Crippen LogP contribution in [0, 0.1) is 5.82 Å². The van der Waals surface area contributed by atoms with Gasteiger partial charge in [0.05, 0.1) is 23.4 Å². The predicted octanol–water partition coefficient (Wildman–Crippen LogP) is 3.58. The Morgan fingerprint density at radius 1 is 1.19 bits per heavy atom. The lowest BCUT2D eigenvalue weighted by molar-refractivity contribution is -0.137. The number of halogens is 4. The third-order valence-electron chi connectivity index (χ3n) is 4.81. The summed E-state index contributed by atoms with van der Waals surface area (Å²) < 4.78 is 82.0. The van der Waals surface area contributed by atoms with Crippen LogP contribution in [0.4, 0.5) is 23.2 Å². The highest BCUT2D eigenvalue weighted by Crippen LogP contribution is 2.32. The van der Waals surface area contributed by atoms with Crippen LogP contribution in [0.5, 0.6) is 5.75 Å². The molecule has 1 unspecified atom stereocenters. The van der Waals surface area contributed by atoms with Crippen molar-refractivity contribution < 1.29 is 35.5 Å². The Hall–Kier alpha value is -2.82. The summed E-state index contributed by atoms with van der Waals surface area (Å²) in [6.45, 7) is 0.813. The van der Waals surface area contributed by atoms with Crippen molar-refractivity contribution in [2.24, 2.45) is 0 Å². The minimum Gasteiger partial charge on any atom is -0.491 e. The van der Waals surface area contributed by atoms with Gasteiger partial charge in [0.25, 0.3) is 5.91 Å².